The smallest absolute Gasteiger partial charge is 0.130 e. The fourth-order valence-electron chi connectivity index (χ4n) is 2.11. The molecule has 0 radical (unpaired) electrons. The van der Waals surface area contributed by atoms with Crippen LogP contribution in [0.5, 0.6) is 11.5 Å². The zero-order valence-electron chi connectivity index (χ0n) is 11.1. The van der Waals surface area contributed by atoms with Crippen LogP contribution in [-0.4, -0.2) is 14.2 Å². The number of benzene rings is 2. The molecule has 0 aliphatic carbocycles. The van der Waals surface area contributed by atoms with E-state index in [0.717, 1.165) is 23.5 Å². The highest BCUT2D eigenvalue weighted by molar-refractivity contribution is 5.74. The summed E-state index contributed by atoms with van der Waals surface area (Å²) in [6.45, 7) is 2.16. The summed E-state index contributed by atoms with van der Waals surface area (Å²) >= 11 is 0. The Balaban J connectivity index is 2.56. The molecule has 94 valence electrons. The molecule has 0 aliphatic rings. The monoisotopic (exact) mass is 242 g/mol. The molecule has 2 aromatic rings. The Kier molecular flexibility index (Phi) is 3.88. The van der Waals surface area contributed by atoms with Crippen molar-refractivity contribution in [1.29, 1.82) is 0 Å². The third kappa shape index (κ3) is 2.33. The van der Waals surface area contributed by atoms with E-state index < -0.39 is 0 Å². The van der Waals surface area contributed by atoms with Crippen molar-refractivity contribution in [1.82, 2.24) is 0 Å². The Bertz CT molecular complexity index is 532. The fraction of sp³-hybridized carbons (Fsp3) is 0.250. The van der Waals surface area contributed by atoms with Gasteiger partial charge in [-0.1, -0.05) is 31.2 Å². The van der Waals surface area contributed by atoms with E-state index >= 15 is 0 Å². The molecular formula is C16H18O2. The minimum absolute atomic E-state index is 0.810. The minimum Gasteiger partial charge on any atom is -0.497 e. The van der Waals surface area contributed by atoms with E-state index in [1.165, 1.54) is 11.1 Å². The zero-order valence-corrected chi connectivity index (χ0v) is 11.1. The number of hydrogen-bond donors (Lipinski definition) is 0. The summed E-state index contributed by atoms with van der Waals surface area (Å²) in [6, 6.07) is 14.3. The van der Waals surface area contributed by atoms with Gasteiger partial charge in [0.25, 0.3) is 0 Å². The number of aryl methyl sites for hydroxylation is 1. The topological polar surface area (TPSA) is 18.5 Å². The molecule has 0 saturated carbocycles. The number of methoxy groups -OCH3 is 2. The zero-order chi connectivity index (χ0) is 13.0. The summed E-state index contributed by atoms with van der Waals surface area (Å²) in [7, 11) is 3.35. The molecule has 0 fully saturated rings. The largest absolute Gasteiger partial charge is 0.497 e. The third-order valence-corrected chi connectivity index (χ3v) is 3.10. The molecule has 0 N–H and O–H groups in total. The fourth-order valence-corrected chi connectivity index (χ4v) is 2.11. The van der Waals surface area contributed by atoms with Crippen LogP contribution in [0.25, 0.3) is 11.1 Å². The van der Waals surface area contributed by atoms with Gasteiger partial charge in [0, 0.05) is 11.6 Å². The Morgan fingerprint density at radius 2 is 1.67 bits per heavy atom. The lowest BCUT2D eigenvalue weighted by Crippen LogP contribution is -1.93. The second kappa shape index (κ2) is 5.58. The maximum atomic E-state index is 5.46. The van der Waals surface area contributed by atoms with Crippen molar-refractivity contribution >= 4 is 0 Å². The second-order valence-electron chi connectivity index (χ2n) is 4.08. The predicted octanol–water partition coefficient (Wildman–Crippen LogP) is 3.93. The first-order chi connectivity index (χ1) is 8.80. The maximum Gasteiger partial charge on any atom is 0.130 e. The van der Waals surface area contributed by atoms with E-state index in [9.17, 15) is 0 Å². The molecule has 0 spiro atoms. The highest BCUT2D eigenvalue weighted by Gasteiger charge is 2.10. The first-order valence-electron chi connectivity index (χ1n) is 6.10. The van der Waals surface area contributed by atoms with Gasteiger partial charge in [0.1, 0.15) is 11.5 Å². The maximum absolute atomic E-state index is 5.46. The standard InChI is InChI=1S/C16H18O2/c1-4-12-7-5-6-8-14(12)15-10-9-13(17-2)11-16(15)18-3/h5-11H,4H2,1-3H3. The minimum atomic E-state index is 0.810. The molecule has 0 atom stereocenters. The molecule has 2 nitrogen and oxygen atoms in total. The van der Waals surface area contributed by atoms with Crippen molar-refractivity contribution in [2.24, 2.45) is 0 Å². The summed E-state index contributed by atoms with van der Waals surface area (Å²) < 4.78 is 10.7. The van der Waals surface area contributed by atoms with Crippen molar-refractivity contribution in [2.75, 3.05) is 14.2 Å². The van der Waals surface area contributed by atoms with Gasteiger partial charge in [0.05, 0.1) is 14.2 Å². The average molecular weight is 242 g/mol. The molecule has 2 heteroatoms. The SMILES string of the molecule is CCc1ccccc1-c1ccc(OC)cc1OC. The number of rotatable bonds is 4. The Labute approximate surface area is 108 Å². The molecule has 18 heavy (non-hydrogen) atoms. The average Bonchev–Trinajstić information content (AvgIpc) is 2.46. The molecule has 2 aromatic carbocycles. The van der Waals surface area contributed by atoms with Gasteiger partial charge < -0.3 is 9.47 Å². The van der Waals surface area contributed by atoms with Gasteiger partial charge >= 0.3 is 0 Å². The Morgan fingerprint density at radius 1 is 0.889 bits per heavy atom. The lowest BCUT2D eigenvalue weighted by Gasteiger charge is -2.13. The van der Waals surface area contributed by atoms with Crippen LogP contribution in [-0.2, 0) is 6.42 Å². The Morgan fingerprint density at radius 3 is 2.33 bits per heavy atom. The van der Waals surface area contributed by atoms with E-state index in [1.807, 2.05) is 18.2 Å². The molecule has 0 aliphatic heterocycles. The van der Waals surface area contributed by atoms with Gasteiger partial charge in [-0.15, -0.1) is 0 Å². The Hall–Kier alpha value is -1.96. The van der Waals surface area contributed by atoms with Crippen LogP contribution >= 0.6 is 0 Å². The van der Waals surface area contributed by atoms with Gasteiger partial charge in [-0.05, 0) is 29.7 Å². The van der Waals surface area contributed by atoms with E-state index in [4.69, 9.17) is 9.47 Å². The van der Waals surface area contributed by atoms with Crippen molar-refractivity contribution in [3.8, 4) is 22.6 Å². The van der Waals surface area contributed by atoms with Crippen molar-refractivity contribution in [3.05, 3.63) is 48.0 Å². The lowest BCUT2D eigenvalue weighted by molar-refractivity contribution is 0.395. The molecule has 0 bridgehead atoms. The molecule has 0 aromatic heterocycles. The van der Waals surface area contributed by atoms with Gasteiger partial charge in [0.15, 0.2) is 0 Å². The van der Waals surface area contributed by atoms with E-state index in [2.05, 4.69) is 31.2 Å². The normalized spacial score (nSPS) is 10.2. The first kappa shape index (κ1) is 12.5. The molecule has 0 amide bonds. The quantitative estimate of drug-likeness (QED) is 0.808. The third-order valence-electron chi connectivity index (χ3n) is 3.10. The first-order valence-corrected chi connectivity index (χ1v) is 6.10. The summed E-state index contributed by atoms with van der Waals surface area (Å²) in [5.41, 5.74) is 3.65. The molecular weight excluding hydrogens is 224 g/mol. The van der Waals surface area contributed by atoms with E-state index in [-0.39, 0.29) is 0 Å². The van der Waals surface area contributed by atoms with E-state index in [0.29, 0.717) is 0 Å². The summed E-state index contributed by atoms with van der Waals surface area (Å²) in [5, 5.41) is 0. The van der Waals surface area contributed by atoms with Crippen molar-refractivity contribution in [3.63, 3.8) is 0 Å². The highest BCUT2D eigenvalue weighted by Crippen LogP contribution is 2.35. The molecule has 0 saturated heterocycles. The van der Waals surface area contributed by atoms with Gasteiger partial charge in [-0.3, -0.25) is 0 Å². The number of hydrogen-bond acceptors (Lipinski definition) is 2. The predicted molar refractivity (Wildman–Crippen MR) is 74.4 cm³/mol. The molecule has 0 unspecified atom stereocenters. The van der Waals surface area contributed by atoms with Crippen LogP contribution in [0.2, 0.25) is 0 Å². The molecule has 2 rings (SSSR count). The lowest BCUT2D eigenvalue weighted by atomic mass is 9.97. The van der Waals surface area contributed by atoms with Crippen LogP contribution in [0, 0.1) is 0 Å². The van der Waals surface area contributed by atoms with Gasteiger partial charge in [-0.2, -0.15) is 0 Å². The van der Waals surface area contributed by atoms with Crippen LogP contribution in [0.4, 0.5) is 0 Å². The van der Waals surface area contributed by atoms with Crippen molar-refractivity contribution in [2.45, 2.75) is 13.3 Å². The van der Waals surface area contributed by atoms with Crippen LogP contribution < -0.4 is 9.47 Å². The second-order valence-corrected chi connectivity index (χ2v) is 4.08. The summed E-state index contributed by atoms with van der Waals surface area (Å²) in [5.74, 6) is 1.65. The van der Waals surface area contributed by atoms with E-state index in [1.54, 1.807) is 14.2 Å². The van der Waals surface area contributed by atoms with Gasteiger partial charge in [0.2, 0.25) is 0 Å². The molecule has 0 heterocycles. The summed E-state index contributed by atoms with van der Waals surface area (Å²) in [6.07, 6.45) is 1.01. The van der Waals surface area contributed by atoms with Crippen LogP contribution in [0.15, 0.2) is 42.5 Å². The highest BCUT2D eigenvalue weighted by atomic mass is 16.5. The van der Waals surface area contributed by atoms with Crippen molar-refractivity contribution < 1.29 is 9.47 Å². The van der Waals surface area contributed by atoms with Crippen LogP contribution in [0.1, 0.15) is 12.5 Å². The summed E-state index contributed by atoms with van der Waals surface area (Å²) in [4.78, 5) is 0. The van der Waals surface area contributed by atoms with Crippen LogP contribution in [0.3, 0.4) is 0 Å². The number of ether oxygens (including phenoxy) is 2. The van der Waals surface area contributed by atoms with Gasteiger partial charge in [-0.25, -0.2) is 0 Å².